The van der Waals surface area contributed by atoms with E-state index in [0.717, 1.165) is 0 Å². The average molecular weight is 197 g/mol. The molecule has 0 radical (unpaired) electrons. The van der Waals surface area contributed by atoms with E-state index in [9.17, 15) is 15.0 Å². The number of hydrogen-bond acceptors (Lipinski definition) is 4. The van der Waals surface area contributed by atoms with E-state index in [-0.39, 0.29) is 23.5 Å². The Morgan fingerprint density at radius 3 is 2.29 bits per heavy atom. The summed E-state index contributed by atoms with van der Waals surface area (Å²) in [5, 5.41) is 27.2. The Hall–Kier alpha value is -1.75. The van der Waals surface area contributed by atoms with E-state index < -0.39 is 12.0 Å². The van der Waals surface area contributed by atoms with Crippen molar-refractivity contribution in [3.8, 4) is 11.5 Å². The highest BCUT2D eigenvalue weighted by Gasteiger charge is 2.16. The Labute approximate surface area is 80.4 Å². The van der Waals surface area contributed by atoms with E-state index in [1.165, 1.54) is 18.2 Å². The van der Waals surface area contributed by atoms with Gasteiger partial charge in [0.2, 0.25) is 0 Å². The van der Waals surface area contributed by atoms with Gasteiger partial charge in [-0.15, -0.1) is 0 Å². The lowest BCUT2D eigenvalue weighted by atomic mass is 10.0. The third-order valence-electron chi connectivity index (χ3n) is 1.87. The number of rotatable bonds is 3. The normalized spacial score (nSPS) is 12.4. The lowest BCUT2D eigenvalue weighted by Gasteiger charge is -2.09. The number of phenols is 2. The predicted octanol–water partition coefficient (Wildman–Crippen LogP) is 0.0522. The number of carbonyl (C=O) groups is 1. The van der Waals surface area contributed by atoms with Crippen molar-refractivity contribution in [1.29, 1.82) is 0 Å². The van der Waals surface area contributed by atoms with Gasteiger partial charge in [0, 0.05) is 12.0 Å². The van der Waals surface area contributed by atoms with Crippen LogP contribution in [0, 0.1) is 0 Å². The summed E-state index contributed by atoms with van der Waals surface area (Å²) in [4.78, 5) is 10.4. The molecule has 0 aliphatic carbocycles. The highest BCUT2D eigenvalue weighted by molar-refractivity contribution is 5.74. The summed E-state index contributed by atoms with van der Waals surface area (Å²) in [6, 6.07) is 3.06. The van der Waals surface area contributed by atoms with Crippen molar-refractivity contribution in [3.63, 3.8) is 0 Å². The van der Waals surface area contributed by atoms with Crippen LogP contribution < -0.4 is 5.73 Å². The van der Waals surface area contributed by atoms with Crippen LogP contribution in [0.15, 0.2) is 18.2 Å². The minimum Gasteiger partial charge on any atom is -0.508 e. The Morgan fingerprint density at radius 2 is 1.86 bits per heavy atom. The Balaban J connectivity index is 2.91. The maximum Gasteiger partial charge on any atom is 0.320 e. The van der Waals surface area contributed by atoms with Crippen LogP contribution in [0.4, 0.5) is 0 Å². The molecule has 5 nitrogen and oxygen atoms in total. The number of carboxylic acid groups (broad SMARTS) is 1. The van der Waals surface area contributed by atoms with Gasteiger partial charge in [0.25, 0.3) is 0 Å². The fourth-order valence-corrected chi connectivity index (χ4v) is 1.08. The Morgan fingerprint density at radius 1 is 1.36 bits per heavy atom. The molecule has 0 aromatic heterocycles. The lowest BCUT2D eigenvalue weighted by Crippen LogP contribution is -2.32. The first-order valence-electron chi connectivity index (χ1n) is 4.00. The van der Waals surface area contributed by atoms with Gasteiger partial charge in [0.15, 0.2) is 0 Å². The molecule has 1 aromatic rings. The Bertz CT molecular complexity index is 330. The highest BCUT2D eigenvalue weighted by atomic mass is 16.4. The molecule has 0 bridgehead atoms. The van der Waals surface area contributed by atoms with Crippen molar-refractivity contribution >= 4 is 5.97 Å². The van der Waals surface area contributed by atoms with Crippen molar-refractivity contribution in [2.75, 3.05) is 0 Å². The zero-order chi connectivity index (χ0) is 10.7. The second-order valence-corrected chi connectivity index (χ2v) is 2.92. The van der Waals surface area contributed by atoms with Gasteiger partial charge in [-0.05, 0) is 12.1 Å². The van der Waals surface area contributed by atoms with Crippen LogP contribution in [0.3, 0.4) is 0 Å². The molecule has 0 heterocycles. The third-order valence-corrected chi connectivity index (χ3v) is 1.87. The monoisotopic (exact) mass is 197 g/mol. The van der Waals surface area contributed by atoms with Crippen molar-refractivity contribution in [1.82, 2.24) is 0 Å². The van der Waals surface area contributed by atoms with E-state index in [1.807, 2.05) is 0 Å². The van der Waals surface area contributed by atoms with Gasteiger partial charge in [-0.25, -0.2) is 0 Å². The SMILES string of the molecule is N[C@H](Cc1c(O)cccc1O)C(=O)O. The molecule has 0 aliphatic rings. The van der Waals surface area contributed by atoms with Crippen LogP contribution in [0.5, 0.6) is 11.5 Å². The fraction of sp³-hybridized carbons (Fsp3) is 0.222. The standard InChI is InChI=1S/C9H11NO4/c10-6(9(13)14)4-5-7(11)2-1-3-8(5)12/h1-3,6,11-12H,4,10H2,(H,13,14)/t6-/m1/s1. The summed E-state index contributed by atoms with van der Waals surface area (Å²) in [7, 11) is 0. The summed E-state index contributed by atoms with van der Waals surface area (Å²) < 4.78 is 0. The largest absolute Gasteiger partial charge is 0.508 e. The first-order valence-corrected chi connectivity index (χ1v) is 4.00. The van der Waals surface area contributed by atoms with Gasteiger partial charge < -0.3 is 21.1 Å². The van der Waals surface area contributed by atoms with Gasteiger partial charge in [0.1, 0.15) is 17.5 Å². The molecule has 0 spiro atoms. The number of aromatic hydroxyl groups is 2. The second-order valence-electron chi connectivity index (χ2n) is 2.92. The maximum absolute atomic E-state index is 10.4. The summed E-state index contributed by atoms with van der Waals surface area (Å²) in [6.45, 7) is 0. The van der Waals surface area contributed by atoms with Gasteiger partial charge in [-0.3, -0.25) is 4.79 Å². The van der Waals surface area contributed by atoms with Crippen molar-refractivity contribution in [3.05, 3.63) is 23.8 Å². The molecular weight excluding hydrogens is 186 g/mol. The summed E-state index contributed by atoms with van der Waals surface area (Å²) >= 11 is 0. The topological polar surface area (TPSA) is 104 Å². The number of benzene rings is 1. The molecule has 76 valence electrons. The molecule has 1 aromatic carbocycles. The summed E-state index contributed by atoms with van der Waals surface area (Å²) in [5.74, 6) is -1.48. The molecule has 0 saturated carbocycles. The highest BCUT2D eigenvalue weighted by Crippen LogP contribution is 2.27. The number of nitrogens with two attached hydrogens (primary N) is 1. The molecule has 0 saturated heterocycles. The zero-order valence-electron chi connectivity index (χ0n) is 7.34. The smallest absolute Gasteiger partial charge is 0.320 e. The van der Waals surface area contributed by atoms with E-state index >= 15 is 0 Å². The first kappa shape index (κ1) is 10.3. The molecule has 5 N–H and O–H groups in total. The summed E-state index contributed by atoms with van der Waals surface area (Å²) in [5.41, 5.74) is 5.42. The van der Waals surface area contributed by atoms with Crippen molar-refractivity contribution in [2.45, 2.75) is 12.5 Å². The van der Waals surface area contributed by atoms with Gasteiger partial charge in [-0.1, -0.05) is 6.07 Å². The number of aliphatic carboxylic acids is 1. The fourth-order valence-electron chi connectivity index (χ4n) is 1.08. The van der Waals surface area contributed by atoms with Gasteiger partial charge in [0.05, 0.1) is 0 Å². The van der Waals surface area contributed by atoms with E-state index in [0.29, 0.717) is 0 Å². The molecule has 0 amide bonds. The third kappa shape index (κ3) is 2.14. The Kier molecular flexibility index (Phi) is 2.93. The summed E-state index contributed by atoms with van der Waals surface area (Å²) in [6.07, 6.45) is -0.103. The lowest BCUT2D eigenvalue weighted by molar-refractivity contribution is -0.138. The van der Waals surface area contributed by atoms with Crippen molar-refractivity contribution < 1.29 is 20.1 Å². The molecule has 14 heavy (non-hydrogen) atoms. The van der Waals surface area contributed by atoms with Crippen molar-refractivity contribution in [2.24, 2.45) is 5.73 Å². The zero-order valence-corrected chi connectivity index (χ0v) is 7.34. The molecule has 0 aliphatic heterocycles. The quantitative estimate of drug-likeness (QED) is 0.548. The molecule has 1 rings (SSSR count). The van der Waals surface area contributed by atoms with E-state index in [4.69, 9.17) is 10.8 Å². The van der Waals surface area contributed by atoms with Gasteiger partial charge in [-0.2, -0.15) is 0 Å². The van der Waals surface area contributed by atoms with Crippen LogP contribution in [-0.2, 0) is 11.2 Å². The second kappa shape index (κ2) is 3.97. The first-order chi connectivity index (χ1) is 6.52. The molecule has 1 atom stereocenters. The molecular formula is C9H11NO4. The minimum absolute atomic E-state index is 0.103. The van der Waals surface area contributed by atoms with Crippen LogP contribution >= 0.6 is 0 Å². The number of hydrogen-bond donors (Lipinski definition) is 4. The maximum atomic E-state index is 10.4. The van der Waals surface area contributed by atoms with E-state index in [2.05, 4.69) is 0 Å². The predicted molar refractivity (Wildman–Crippen MR) is 49.1 cm³/mol. The minimum atomic E-state index is -1.17. The van der Waals surface area contributed by atoms with Crippen LogP contribution in [0.1, 0.15) is 5.56 Å². The van der Waals surface area contributed by atoms with E-state index in [1.54, 1.807) is 0 Å². The number of carboxylic acids is 1. The molecule has 0 fully saturated rings. The number of phenolic OH excluding ortho intramolecular Hbond substituents is 2. The van der Waals surface area contributed by atoms with Crippen LogP contribution in [-0.4, -0.2) is 27.3 Å². The van der Waals surface area contributed by atoms with Gasteiger partial charge >= 0.3 is 5.97 Å². The molecule has 5 heteroatoms. The van der Waals surface area contributed by atoms with Crippen LogP contribution in [0.2, 0.25) is 0 Å². The average Bonchev–Trinajstić information content (AvgIpc) is 2.11. The van der Waals surface area contributed by atoms with Crippen LogP contribution in [0.25, 0.3) is 0 Å². The molecule has 0 unspecified atom stereocenters.